The van der Waals surface area contributed by atoms with Gasteiger partial charge in [0, 0.05) is 17.0 Å². The van der Waals surface area contributed by atoms with Gasteiger partial charge in [0.1, 0.15) is 0 Å². The van der Waals surface area contributed by atoms with Gasteiger partial charge in [0.15, 0.2) is 5.78 Å². The summed E-state index contributed by atoms with van der Waals surface area (Å²) in [6.45, 7) is 4.99. The van der Waals surface area contributed by atoms with E-state index in [0.717, 1.165) is 12.8 Å². The first-order valence-electron chi connectivity index (χ1n) is 6.64. The number of nitrogens with two attached hydrogens (primary N) is 1. The third kappa shape index (κ3) is 5.13. The highest BCUT2D eigenvalue weighted by molar-refractivity contribution is 6.35. The van der Waals surface area contributed by atoms with Crippen LogP contribution in [-0.4, -0.2) is 12.3 Å². The second kappa shape index (κ2) is 7.88. The second-order valence-corrected chi connectivity index (χ2v) is 6.01. The van der Waals surface area contributed by atoms with Gasteiger partial charge in [-0.15, -0.1) is 0 Å². The molecule has 1 unspecified atom stereocenters. The molecule has 0 spiro atoms. The largest absolute Gasteiger partial charge is 0.330 e. The molecule has 0 aliphatic carbocycles. The van der Waals surface area contributed by atoms with E-state index in [1.165, 1.54) is 0 Å². The van der Waals surface area contributed by atoms with Crippen LogP contribution in [0.25, 0.3) is 0 Å². The van der Waals surface area contributed by atoms with Crippen molar-refractivity contribution < 1.29 is 4.79 Å². The molecular formula is C15H21Cl2NO. The second-order valence-electron chi connectivity index (χ2n) is 5.17. The molecule has 0 bridgehead atoms. The molecule has 0 saturated carbocycles. The SMILES string of the molecule is CC(C)C(CCN)CCC(=O)c1cc(Cl)ccc1Cl. The van der Waals surface area contributed by atoms with E-state index in [0.29, 0.717) is 40.4 Å². The summed E-state index contributed by atoms with van der Waals surface area (Å²) in [6, 6.07) is 4.99. The van der Waals surface area contributed by atoms with Crippen molar-refractivity contribution in [2.24, 2.45) is 17.6 Å². The fourth-order valence-corrected chi connectivity index (χ4v) is 2.58. The van der Waals surface area contributed by atoms with Gasteiger partial charge in [-0.3, -0.25) is 4.79 Å². The van der Waals surface area contributed by atoms with E-state index in [1.807, 2.05) is 0 Å². The predicted molar refractivity (Wildman–Crippen MR) is 82.0 cm³/mol. The molecule has 0 aromatic heterocycles. The number of Topliss-reactive ketones (excluding diaryl/α,β-unsaturated/α-hetero) is 1. The van der Waals surface area contributed by atoms with Crippen molar-refractivity contribution in [1.82, 2.24) is 0 Å². The third-order valence-electron chi connectivity index (χ3n) is 3.45. The van der Waals surface area contributed by atoms with Crippen molar-refractivity contribution >= 4 is 29.0 Å². The highest BCUT2D eigenvalue weighted by Gasteiger charge is 2.17. The van der Waals surface area contributed by atoms with Gasteiger partial charge in [-0.1, -0.05) is 37.0 Å². The molecule has 1 aromatic carbocycles. The van der Waals surface area contributed by atoms with Crippen molar-refractivity contribution in [2.75, 3.05) is 6.54 Å². The molecule has 2 nitrogen and oxygen atoms in total. The third-order valence-corrected chi connectivity index (χ3v) is 4.02. The Bertz CT molecular complexity index is 432. The molecule has 4 heteroatoms. The van der Waals surface area contributed by atoms with Crippen LogP contribution >= 0.6 is 23.2 Å². The Balaban J connectivity index is 2.66. The van der Waals surface area contributed by atoms with Crippen LogP contribution in [-0.2, 0) is 0 Å². The van der Waals surface area contributed by atoms with Crippen molar-refractivity contribution in [3.05, 3.63) is 33.8 Å². The summed E-state index contributed by atoms with van der Waals surface area (Å²) in [5, 5.41) is 1.00. The molecule has 0 heterocycles. The van der Waals surface area contributed by atoms with Crippen molar-refractivity contribution in [3.8, 4) is 0 Å². The van der Waals surface area contributed by atoms with Crippen LogP contribution < -0.4 is 5.73 Å². The zero-order chi connectivity index (χ0) is 14.4. The Morgan fingerprint density at radius 3 is 2.53 bits per heavy atom. The first-order chi connectivity index (χ1) is 8.95. The van der Waals surface area contributed by atoms with Crippen LogP contribution in [0.15, 0.2) is 18.2 Å². The quantitative estimate of drug-likeness (QED) is 0.749. The van der Waals surface area contributed by atoms with Crippen molar-refractivity contribution in [3.63, 3.8) is 0 Å². The summed E-state index contributed by atoms with van der Waals surface area (Å²) in [7, 11) is 0. The van der Waals surface area contributed by atoms with Crippen molar-refractivity contribution in [2.45, 2.75) is 33.1 Å². The van der Waals surface area contributed by atoms with Crippen LogP contribution in [0.4, 0.5) is 0 Å². The Morgan fingerprint density at radius 2 is 1.95 bits per heavy atom. The summed E-state index contributed by atoms with van der Waals surface area (Å²) in [4.78, 5) is 12.2. The molecule has 0 fully saturated rings. The molecule has 1 rings (SSSR count). The van der Waals surface area contributed by atoms with Crippen LogP contribution in [0.2, 0.25) is 10.0 Å². The standard InChI is InChI=1S/C15H21Cl2NO/c1-10(2)11(7-8-18)3-6-15(19)13-9-12(16)4-5-14(13)17/h4-5,9-11H,3,6-8,18H2,1-2H3. The zero-order valence-electron chi connectivity index (χ0n) is 11.5. The lowest BCUT2D eigenvalue weighted by Gasteiger charge is -2.19. The topological polar surface area (TPSA) is 43.1 Å². The molecule has 0 radical (unpaired) electrons. The monoisotopic (exact) mass is 301 g/mol. The van der Waals surface area contributed by atoms with Gasteiger partial charge >= 0.3 is 0 Å². The molecule has 0 aliphatic heterocycles. The maximum absolute atomic E-state index is 12.2. The molecule has 0 amide bonds. The summed E-state index contributed by atoms with van der Waals surface area (Å²) < 4.78 is 0. The number of ketones is 1. The van der Waals surface area contributed by atoms with Gasteiger partial charge < -0.3 is 5.73 Å². The first-order valence-corrected chi connectivity index (χ1v) is 7.39. The van der Waals surface area contributed by atoms with E-state index in [-0.39, 0.29) is 5.78 Å². The lowest BCUT2D eigenvalue weighted by molar-refractivity contribution is 0.0969. The number of benzene rings is 1. The maximum Gasteiger partial charge on any atom is 0.164 e. The molecule has 2 N–H and O–H groups in total. The smallest absolute Gasteiger partial charge is 0.164 e. The number of hydrogen-bond acceptors (Lipinski definition) is 2. The Morgan fingerprint density at radius 1 is 1.26 bits per heavy atom. The molecule has 19 heavy (non-hydrogen) atoms. The van der Waals surface area contributed by atoms with E-state index in [9.17, 15) is 4.79 Å². The van der Waals surface area contributed by atoms with Crippen LogP contribution in [0.1, 0.15) is 43.5 Å². The van der Waals surface area contributed by atoms with E-state index < -0.39 is 0 Å². The van der Waals surface area contributed by atoms with Gasteiger partial charge in [0.25, 0.3) is 0 Å². The molecule has 0 aliphatic rings. The fourth-order valence-electron chi connectivity index (χ4n) is 2.19. The summed E-state index contributed by atoms with van der Waals surface area (Å²) in [5.41, 5.74) is 6.12. The van der Waals surface area contributed by atoms with E-state index in [1.54, 1.807) is 18.2 Å². The van der Waals surface area contributed by atoms with Gasteiger partial charge in [-0.2, -0.15) is 0 Å². The summed E-state index contributed by atoms with van der Waals surface area (Å²) in [5.74, 6) is 1.06. The minimum atomic E-state index is 0.0511. The lowest BCUT2D eigenvalue weighted by atomic mass is 9.87. The number of hydrogen-bond donors (Lipinski definition) is 1. The van der Waals surface area contributed by atoms with E-state index >= 15 is 0 Å². The highest BCUT2D eigenvalue weighted by Crippen LogP contribution is 2.25. The van der Waals surface area contributed by atoms with Gasteiger partial charge in [0.05, 0.1) is 5.02 Å². The predicted octanol–water partition coefficient (Wildman–Crippen LogP) is 4.58. The number of halogens is 2. The Labute approximate surface area is 125 Å². The fraction of sp³-hybridized carbons (Fsp3) is 0.533. The summed E-state index contributed by atoms with van der Waals surface area (Å²) >= 11 is 11.9. The van der Waals surface area contributed by atoms with Gasteiger partial charge in [0.2, 0.25) is 0 Å². The molecule has 106 valence electrons. The average Bonchev–Trinajstić information content (AvgIpc) is 2.36. The zero-order valence-corrected chi connectivity index (χ0v) is 13.0. The Hall–Kier alpha value is -0.570. The van der Waals surface area contributed by atoms with Crippen LogP contribution in [0.3, 0.4) is 0 Å². The highest BCUT2D eigenvalue weighted by atomic mass is 35.5. The number of rotatable bonds is 7. The number of carbonyl (C=O) groups is 1. The van der Waals surface area contributed by atoms with Crippen LogP contribution in [0.5, 0.6) is 0 Å². The van der Waals surface area contributed by atoms with Crippen molar-refractivity contribution in [1.29, 1.82) is 0 Å². The average molecular weight is 302 g/mol. The van der Waals surface area contributed by atoms with Gasteiger partial charge in [-0.05, 0) is 49.4 Å². The molecular weight excluding hydrogens is 281 g/mol. The maximum atomic E-state index is 12.2. The van der Waals surface area contributed by atoms with E-state index in [4.69, 9.17) is 28.9 Å². The van der Waals surface area contributed by atoms with Crippen LogP contribution in [0, 0.1) is 11.8 Å². The Kier molecular flexibility index (Phi) is 6.84. The lowest BCUT2D eigenvalue weighted by Crippen LogP contribution is -2.16. The van der Waals surface area contributed by atoms with Gasteiger partial charge in [-0.25, -0.2) is 0 Å². The number of carbonyl (C=O) groups excluding carboxylic acids is 1. The molecule has 0 saturated heterocycles. The van der Waals surface area contributed by atoms with E-state index in [2.05, 4.69) is 13.8 Å². The normalized spacial score (nSPS) is 12.7. The first kappa shape index (κ1) is 16.5. The summed E-state index contributed by atoms with van der Waals surface area (Å²) in [6.07, 6.45) is 2.29. The molecule has 1 atom stereocenters. The minimum Gasteiger partial charge on any atom is -0.330 e. The molecule has 1 aromatic rings. The minimum absolute atomic E-state index is 0.0511.